The van der Waals surface area contributed by atoms with Crippen molar-refractivity contribution < 1.29 is 4.39 Å². The van der Waals surface area contributed by atoms with Gasteiger partial charge in [0.2, 0.25) is 0 Å². The van der Waals surface area contributed by atoms with Gasteiger partial charge in [0.1, 0.15) is 5.82 Å². The van der Waals surface area contributed by atoms with Gasteiger partial charge in [-0.25, -0.2) is 4.39 Å². The summed E-state index contributed by atoms with van der Waals surface area (Å²) in [5.41, 5.74) is 5.32. The molecule has 1 aromatic heterocycles. The third kappa shape index (κ3) is 2.31. The minimum Gasteiger partial charge on any atom is -0.263 e. The first-order valence-electron chi connectivity index (χ1n) is 6.68. The molecule has 0 amide bonds. The Morgan fingerprint density at radius 2 is 1.65 bits per heavy atom. The lowest BCUT2D eigenvalue weighted by molar-refractivity contribution is 0.630. The lowest BCUT2D eigenvalue weighted by Crippen LogP contribution is -2.09. The van der Waals surface area contributed by atoms with Gasteiger partial charge in [-0.15, -0.1) is 0 Å². The van der Waals surface area contributed by atoms with E-state index < -0.39 is 0 Å². The van der Waals surface area contributed by atoms with Gasteiger partial charge < -0.3 is 0 Å². The van der Waals surface area contributed by atoms with Crippen LogP contribution >= 0.6 is 0 Å². The monoisotopic (exact) mass is 263 g/mol. The summed E-state index contributed by atoms with van der Waals surface area (Å²) in [7, 11) is 1.94. The van der Waals surface area contributed by atoms with Crippen LogP contribution in [0.15, 0.2) is 42.5 Å². The zero-order valence-corrected chi connectivity index (χ0v) is 11.9. The maximum atomic E-state index is 13.4. The van der Waals surface area contributed by atoms with Gasteiger partial charge in [-0.05, 0) is 61.2 Å². The summed E-state index contributed by atoms with van der Waals surface area (Å²) >= 11 is 0. The van der Waals surface area contributed by atoms with Crippen LogP contribution in [0.3, 0.4) is 0 Å². The largest absolute Gasteiger partial charge is 0.263 e. The molecule has 0 aliphatic heterocycles. The molecule has 0 bridgehead atoms. The summed E-state index contributed by atoms with van der Waals surface area (Å²) < 4.78 is 13.4. The summed E-state index contributed by atoms with van der Waals surface area (Å²) in [5.74, 6) is -0.213. The van der Waals surface area contributed by atoms with E-state index >= 15 is 0 Å². The van der Waals surface area contributed by atoms with Crippen molar-refractivity contribution in [1.29, 1.82) is 0 Å². The minimum absolute atomic E-state index is 0.213. The van der Waals surface area contributed by atoms with Gasteiger partial charge in [0, 0.05) is 10.9 Å². The molecule has 20 heavy (non-hydrogen) atoms. The van der Waals surface area contributed by atoms with Crippen molar-refractivity contribution in [2.75, 3.05) is 0 Å². The number of hydrogen-bond acceptors (Lipinski definition) is 1. The maximum Gasteiger partial charge on any atom is 0.163 e. The quantitative estimate of drug-likeness (QED) is 0.615. The molecule has 0 saturated heterocycles. The number of aromatic nitrogens is 1. The molecule has 0 spiro atoms. The molecule has 0 aliphatic carbocycles. The highest BCUT2D eigenvalue weighted by molar-refractivity contribution is 6.32. The molecule has 2 aromatic carbocycles. The SMILES string of the molecule is Bc1cc2cc(F)ccc2c(-c2cc(C)cc(C)c2)n1. The summed E-state index contributed by atoms with van der Waals surface area (Å²) in [6, 6.07) is 13.2. The van der Waals surface area contributed by atoms with Crippen LogP contribution in [0.25, 0.3) is 22.0 Å². The molecule has 0 radical (unpaired) electrons. The van der Waals surface area contributed by atoms with Crippen LogP contribution in [0.2, 0.25) is 0 Å². The lowest BCUT2D eigenvalue weighted by Gasteiger charge is -2.10. The van der Waals surface area contributed by atoms with Crippen molar-refractivity contribution in [3.05, 3.63) is 59.4 Å². The molecule has 0 aliphatic rings. The van der Waals surface area contributed by atoms with Crippen LogP contribution in [0.5, 0.6) is 0 Å². The van der Waals surface area contributed by atoms with Gasteiger partial charge >= 0.3 is 0 Å². The average molecular weight is 263 g/mol. The summed E-state index contributed by atoms with van der Waals surface area (Å²) in [4.78, 5) is 4.66. The van der Waals surface area contributed by atoms with Crippen LogP contribution in [0, 0.1) is 19.7 Å². The van der Waals surface area contributed by atoms with Crippen LogP contribution in [-0.4, -0.2) is 12.8 Å². The Morgan fingerprint density at radius 3 is 2.35 bits per heavy atom. The van der Waals surface area contributed by atoms with Crippen LogP contribution < -0.4 is 5.59 Å². The van der Waals surface area contributed by atoms with Crippen LogP contribution in [-0.2, 0) is 0 Å². The van der Waals surface area contributed by atoms with Crippen LogP contribution in [0.1, 0.15) is 11.1 Å². The number of hydrogen-bond donors (Lipinski definition) is 0. The van der Waals surface area contributed by atoms with Crippen molar-refractivity contribution in [2.24, 2.45) is 0 Å². The summed E-state index contributed by atoms with van der Waals surface area (Å²) in [6.45, 7) is 4.16. The molecular formula is C17H15BFN. The van der Waals surface area contributed by atoms with Crippen molar-refractivity contribution in [3.63, 3.8) is 0 Å². The smallest absolute Gasteiger partial charge is 0.163 e. The van der Waals surface area contributed by atoms with Crippen molar-refractivity contribution in [1.82, 2.24) is 4.98 Å². The zero-order valence-electron chi connectivity index (χ0n) is 11.9. The standard InChI is InChI=1S/C17H15BFN/c1-10-5-11(2)7-13(6-10)17-15-4-3-14(19)8-12(15)9-16(18)20-17/h3-9H,18H2,1-2H3. The van der Waals surface area contributed by atoms with Gasteiger partial charge in [0.25, 0.3) is 0 Å². The molecule has 98 valence electrons. The van der Waals surface area contributed by atoms with Crippen molar-refractivity contribution in [2.45, 2.75) is 13.8 Å². The van der Waals surface area contributed by atoms with E-state index in [-0.39, 0.29) is 5.82 Å². The molecule has 1 nitrogen and oxygen atoms in total. The fourth-order valence-electron chi connectivity index (χ4n) is 2.69. The van der Waals surface area contributed by atoms with Gasteiger partial charge in [-0.2, -0.15) is 0 Å². The molecule has 3 aromatic rings. The van der Waals surface area contributed by atoms with E-state index in [4.69, 9.17) is 0 Å². The Kier molecular flexibility index (Phi) is 3.05. The second kappa shape index (κ2) is 4.75. The number of rotatable bonds is 1. The van der Waals surface area contributed by atoms with E-state index in [0.717, 1.165) is 27.6 Å². The molecule has 1 heterocycles. The van der Waals surface area contributed by atoms with Crippen molar-refractivity contribution >= 4 is 24.2 Å². The fourth-order valence-corrected chi connectivity index (χ4v) is 2.69. The predicted octanol–water partition coefficient (Wildman–Crippen LogP) is 2.92. The number of pyridine rings is 1. The lowest BCUT2D eigenvalue weighted by atomic mass is 9.95. The maximum absolute atomic E-state index is 13.4. The van der Waals surface area contributed by atoms with Crippen molar-refractivity contribution in [3.8, 4) is 11.3 Å². The molecule has 0 N–H and O–H groups in total. The fraction of sp³-hybridized carbons (Fsp3) is 0.118. The Bertz CT molecular complexity index is 786. The molecule has 3 heteroatoms. The third-order valence-corrected chi connectivity index (χ3v) is 3.42. The first-order chi connectivity index (χ1) is 9.52. The number of fused-ring (bicyclic) bond motifs is 1. The average Bonchev–Trinajstić information content (AvgIpc) is 2.36. The predicted molar refractivity (Wildman–Crippen MR) is 84.8 cm³/mol. The zero-order chi connectivity index (χ0) is 14.3. The van der Waals surface area contributed by atoms with E-state index in [1.807, 2.05) is 20.0 Å². The first-order valence-corrected chi connectivity index (χ1v) is 6.68. The van der Waals surface area contributed by atoms with Gasteiger partial charge in [0.05, 0.1) is 5.69 Å². The Morgan fingerprint density at radius 1 is 0.950 bits per heavy atom. The number of halogens is 1. The minimum atomic E-state index is -0.213. The van der Waals surface area contributed by atoms with Gasteiger partial charge in [-0.1, -0.05) is 17.2 Å². The van der Waals surface area contributed by atoms with E-state index in [2.05, 4.69) is 37.0 Å². The highest BCUT2D eigenvalue weighted by Crippen LogP contribution is 2.27. The van der Waals surface area contributed by atoms with Crippen LogP contribution in [0.4, 0.5) is 4.39 Å². The van der Waals surface area contributed by atoms with Gasteiger partial charge in [0.15, 0.2) is 7.85 Å². The molecule has 0 saturated carbocycles. The molecule has 0 atom stereocenters. The van der Waals surface area contributed by atoms with Gasteiger partial charge in [-0.3, -0.25) is 4.98 Å². The number of aryl methyl sites for hydroxylation is 2. The summed E-state index contributed by atoms with van der Waals surface area (Å²) in [5, 5.41) is 1.88. The highest BCUT2D eigenvalue weighted by Gasteiger charge is 2.08. The molecular weight excluding hydrogens is 248 g/mol. The van der Waals surface area contributed by atoms with E-state index in [0.29, 0.717) is 0 Å². The highest BCUT2D eigenvalue weighted by atomic mass is 19.1. The molecule has 0 fully saturated rings. The third-order valence-electron chi connectivity index (χ3n) is 3.42. The second-order valence-electron chi connectivity index (χ2n) is 5.35. The van der Waals surface area contributed by atoms with E-state index in [1.54, 1.807) is 6.07 Å². The second-order valence-corrected chi connectivity index (χ2v) is 5.35. The number of benzene rings is 2. The summed E-state index contributed by atoms with van der Waals surface area (Å²) in [6.07, 6.45) is 0. The Balaban J connectivity index is 2.35. The van der Waals surface area contributed by atoms with E-state index in [9.17, 15) is 4.39 Å². The Labute approximate surface area is 118 Å². The molecule has 0 unspecified atom stereocenters. The number of nitrogens with zero attached hydrogens (tertiary/aromatic N) is 1. The molecule has 3 rings (SSSR count). The van der Waals surface area contributed by atoms with E-state index in [1.165, 1.54) is 17.2 Å². The normalized spacial score (nSPS) is 10.9. The Hall–Kier alpha value is -2.16. The first kappa shape index (κ1) is 12.9. The topological polar surface area (TPSA) is 12.9 Å².